The molecule has 0 bridgehead atoms. The number of carbonyl (C=O) groups excluding carboxylic acids is 2. The van der Waals surface area contributed by atoms with Gasteiger partial charge in [-0.2, -0.15) is 0 Å². The van der Waals surface area contributed by atoms with Gasteiger partial charge in [0.1, 0.15) is 12.4 Å². The number of benzene rings is 1. The Morgan fingerprint density at radius 3 is 2.70 bits per heavy atom. The topological polar surface area (TPSA) is 65.5 Å². The molecule has 0 atom stereocenters. The van der Waals surface area contributed by atoms with Crippen LogP contribution >= 0.6 is 0 Å². The molecule has 102 valence electrons. The third-order valence-electron chi connectivity index (χ3n) is 2.67. The number of para-hydroxylation sites is 1. The van der Waals surface area contributed by atoms with E-state index in [2.05, 4.69) is 9.72 Å². The minimum atomic E-state index is -0.434. The van der Waals surface area contributed by atoms with E-state index in [1.165, 1.54) is 13.3 Å². The zero-order valence-corrected chi connectivity index (χ0v) is 10.9. The molecule has 1 aromatic carbocycles. The molecule has 0 aliphatic carbocycles. The van der Waals surface area contributed by atoms with Crippen LogP contribution in [0.1, 0.15) is 26.4 Å². The monoisotopic (exact) mass is 271 g/mol. The summed E-state index contributed by atoms with van der Waals surface area (Å²) >= 11 is 0. The van der Waals surface area contributed by atoms with Crippen molar-refractivity contribution in [1.29, 1.82) is 0 Å². The molecule has 0 aliphatic heterocycles. The van der Waals surface area contributed by atoms with E-state index in [-0.39, 0.29) is 6.61 Å². The number of aromatic nitrogens is 1. The van der Waals surface area contributed by atoms with E-state index in [4.69, 9.17) is 4.74 Å². The van der Waals surface area contributed by atoms with Gasteiger partial charge in [-0.15, -0.1) is 0 Å². The lowest BCUT2D eigenvalue weighted by atomic mass is 10.2. The van der Waals surface area contributed by atoms with E-state index in [1.807, 2.05) is 0 Å². The maximum Gasteiger partial charge on any atom is 0.339 e. The van der Waals surface area contributed by atoms with E-state index in [0.29, 0.717) is 22.6 Å². The Morgan fingerprint density at radius 2 is 2.05 bits per heavy atom. The summed E-state index contributed by atoms with van der Waals surface area (Å²) in [6, 6.07) is 10.2. The van der Waals surface area contributed by atoms with Gasteiger partial charge in [-0.3, -0.25) is 9.78 Å². The van der Waals surface area contributed by atoms with Crippen molar-refractivity contribution in [2.24, 2.45) is 0 Å². The number of carbonyl (C=O) groups is 2. The minimum Gasteiger partial charge on any atom is -0.487 e. The fraction of sp³-hybridized carbons (Fsp3) is 0.133. The first kappa shape index (κ1) is 13.7. The third kappa shape index (κ3) is 3.20. The van der Waals surface area contributed by atoms with Gasteiger partial charge < -0.3 is 9.47 Å². The SMILES string of the molecule is COC(=O)c1ccc(COc2ccccc2C=O)nc1. The molecular formula is C15H13NO4. The third-order valence-corrected chi connectivity index (χ3v) is 2.67. The Bertz CT molecular complexity index is 608. The molecule has 0 spiro atoms. The maximum atomic E-state index is 11.3. The predicted octanol–water partition coefficient (Wildman–Crippen LogP) is 2.26. The van der Waals surface area contributed by atoms with E-state index >= 15 is 0 Å². The van der Waals surface area contributed by atoms with Gasteiger partial charge in [0.2, 0.25) is 0 Å². The Kier molecular flexibility index (Phi) is 4.44. The standard InChI is InChI=1S/C15H13NO4/c1-19-15(18)11-6-7-13(16-8-11)10-20-14-5-3-2-4-12(14)9-17/h2-9H,10H2,1H3. The molecule has 0 aliphatic rings. The van der Waals surface area contributed by atoms with E-state index in [1.54, 1.807) is 36.4 Å². The second-order valence-corrected chi connectivity index (χ2v) is 3.97. The number of pyridine rings is 1. The highest BCUT2D eigenvalue weighted by Gasteiger charge is 2.06. The number of methoxy groups -OCH3 is 1. The van der Waals surface area contributed by atoms with Gasteiger partial charge in [0.05, 0.1) is 23.9 Å². The molecule has 0 amide bonds. The molecule has 5 nitrogen and oxygen atoms in total. The Morgan fingerprint density at radius 1 is 1.25 bits per heavy atom. The Hall–Kier alpha value is -2.69. The number of hydrogen-bond acceptors (Lipinski definition) is 5. The fourth-order valence-corrected chi connectivity index (χ4v) is 1.61. The zero-order valence-electron chi connectivity index (χ0n) is 10.9. The average molecular weight is 271 g/mol. The number of nitrogens with zero attached hydrogens (tertiary/aromatic N) is 1. The molecule has 0 fully saturated rings. The van der Waals surface area contributed by atoms with E-state index in [9.17, 15) is 9.59 Å². The van der Waals surface area contributed by atoms with Crippen LogP contribution in [-0.4, -0.2) is 24.3 Å². The molecule has 20 heavy (non-hydrogen) atoms. The minimum absolute atomic E-state index is 0.215. The lowest BCUT2D eigenvalue weighted by Crippen LogP contribution is -2.04. The molecule has 0 radical (unpaired) electrons. The molecule has 0 saturated carbocycles. The summed E-state index contributed by atoms with van der Waals surface area (Å²) in [7, 11) is 1.32. The molecule has 0 N–H and O–H groups in total. The van der Waals surface area contributed by atoms with Crippen LogP contribution in [0.5, 0.6) is 5.75 Å². The quantitative estimate of drug-likeness (QED) is 0.616. The Labute approximate surface area is 116 Å². The van der Waals surface area contributed by atoms with Crippen molar-refractivity contribution in [1.82, 2.24) is 4.98 Å². The Balaban J connectivity index is 2.04. The van der Waals surface area contributed by atoms with Crippen molar-refractivity contribution in [2.45, 2.75) is 6.61 Å². The summed E-state index contributed by atoms with van der Waals surface area (Å²) in [5, 5.41) is 0. The summed E-state index contributed by atoms with van der Waals surface area (Å²) in [4.78, 5) is 26.2. The summed E-state index contributed by atoms with van der Waals surface area (Å²) < 4.78 is 10.1. The van der Waals surface area contributed by atoms with Gasteiger partial charge in [0.25, 0.3) is 0 Å². The molecule has 0 unspecified atom stereocenters. The van der Waals surface area contributed by atoms with Crippen molar-refractivity contribution in [3.8, 4) is 5.75 Å². The first-order valence-corrected chi connectivity index (χ1v) is 5.95. The highest BCUT2D eigenvalue weighted by molar-refractivity contribution is 5.88. The lowest BCUT2D eigenvalue weighted by Gasteiger charge is -2.07. The second kappa shape index (κ2) is 6.47. The van der Waals surface area contributed by atoms with Gasteiger partial charge in [0, 0.05) is 6.20 Å². The van der Waals surface area contributed by atoms with Gasteiger partial charge in [-0.25, -0.2) is 4.79 Å². The summed E-state index contributed by atoms with van der Waals surface area (Å²) in [5.74, 6) is 0.0672. The molecular weight excluding hydrogens is 258 g/mol. The zero-order chi connectivity index (χ0) is 14.4. The van der Waals surface area contributed by atoms with E-state index in [0.717, 1.165) is 6.29 Å². The van der Waals surface area contributed by atoms with Crippen molar-refractivity contribution >= 4 is 12.3 Å². The van der Waals surface area contributed by atoms with Crippen molar-refractivity contribution in [3.63, 3.8) is 0 Å². The molecule has 2 aromatic rings. The van der Waals surface area contributed by atoms with Gasteiger partial charge in [-0.05, 0) is 24.3 Å². The van der Waals surface area contributed by atoms with Crippen molar-refractivity contribution < 1.29 is 19.1 Å². The molecule has 1 heterocycles. The fourth-order valence-electron chi connectivity index (χ4n) is 1.61. The molecule has 0 saturated heterocycles. The second-order valence-electron chi connectivity index (χ2n) is 3.97. The van der Waals surface area contributed by atoms with Crippen LogP contribution < -0.4 is 4.74 Å². The molecule has 2 rings (SSSR count). The van der Waals surface area contributed by atoms with Gasteiger partial charge >= 0.3 is 5.97 Å². The highest BCUT2D eigenvalue weighted by Crippen LogP contribution is 2.17. The highest BCUT2D eigenvalue weighted by atomic mass is 16.5. The predicted molar refractivity (Wildman–Crippen MR) is 71.7 cm³/mol. The van der Waals surface area contributed by atoms with Gasteiger partial charge in [0.15, 0.2) is 6.29 Å². The van der Waals surface area contributed by atoms with Crippen LogP contribution in [-0.2, 0) is 11.3 Å². The summed E-state index contributed by atoms with van der Waals surface area (Å²) in [6.07, 6.45) is 2.17. The smallest absolute Gasteiger partial charge is 0.339 e. The average Bonchev–Trinajstić information content (AvgIpc) is 2.53. The van der Waals surface area contributed by atoms with Crippen molar-refractivity contribution in [3.05, 3.63) is 59.4 Å². The normalized spacial score (nSPS) is 9.85. The van der Waals surface area contributed by atoms with Gasteiger partial charge in [-0.1, -0.05) is 12.1 Å². The number of rotatable bonds is 5. The number of hydrogen-bond donors (Lipinski definition) is 0. The largest absolute Gasteiger partial charge is 0.487 e. The first-order chi connectivity index (χ1) is 9.74. The van der Waals surface area contributed by atoms with Crippen molar-refractivity contribution in [2.75, 3.05) is 7.11 Å². The maximum absolute atomic E-state index is 11.3. The lowest BCUT2D eigenvalue weighted by molar-refractivity contribution is 0.0600. The summed E-state index contributed by atoms with van der Waals surface area (Å²) in [5.41, 5.74) is 1.52. The molecule has 5 heteroatoms. The number of ether oxygens (including phenoxy) is 2. The van der Waals surface area contributed by atoms with Crippen LogP contribution in [0.25, 0.3) is 0 Å². The number of aldehydes is 1. The van der Waals surface area contributed by atoms with Crippen LogP contribution in [0.2, 0.25) is 0 Å². The van der Waals surface area contributed by atoms with Crippen LogP contribution in [0.3, 0.4) is 0 Å². The number of esters is 1. The first-order valence-electron chi connectivity index (χ1n) is 5.95. The van der Waals surface area contributed by atoms with E-state index < -0.39 is 5.97 Å². The van der Waals surface area contributed by atoms with Crippen LogP contribution in [0.15, 0.2) is 42.6 Å². The summed E-state index contributed by atoms with van der Waals surface area (Å²) in [6.45, 7) is 0.215. The van der Waals surface area contributed by atoms with Crippen LogP contribution in [0.4, 0.5) is 0 Å². The van der Waals surface area contributed by atoms with Crippen LogP contribution in [0, 0.1) is 0 Å². The molecule has 1 aromatic heterocycles.